The van der Waals surface area contributed by atoms with Crippen molar-refractivity contribution in [2.45, 2.75) is 5.76 Å². The number of thioether (sulfide) groups is 2. The molecule has 0 unspecified atom stereocenters. The van der Waals surface area contributed by atoms with Gasteiger partial charge in [-0.3, -0.25) is 0 Å². The number of rotatable bonds is 3. The normalized spacial score (nSPS) is 19.1. The first-order chi connectivity index (χ1) is 8.00. The minimum atomic E-state index is -2.77. The van der Waals surface area contributed by atoms with E-state index in [0.29, 0.717) is 0 Å². The van der Waals surface area contributed by atoms with E-state index in [4.69, 9.17) is 16.6 Å². The van der Waals surface area contributed by atoms with Crippen LogP contribution in [0.15, 0.2) is 0 Å². The fourth-order valence-corrected chi connectivity index (χ4v) is 3.73. The average molecular weight is 324 g/mol. The Morgan fingerprint density at radius 1 is 1.65 bits per heavy atom. The molecule has 0 N–H and O–H groups in total. The monoisotopic (exact) mass is 323 g/mol. The van der Waals surface area contributed by atoms with E-state index in [1.165, 1.54) is 4.74 Å². The van der Waals surface area contributed by atoms with E-state index >= 15 is 0 Å². The molecule has 1 amide bonds. The van der Waals surface area contributed by atoms with E-state index < -0.39 is 11.9 Å². The summed E-state index contributed by atoms with van der Waals surface area (Å²) in [4.78, 5) is 16.1. The fourth-order valence-electron chi connectivity index (χ4n) is 0.914. The van der Waals surface area contributed by atoms with E-state index in [1.807, 2.05) is 0 Å². The highest BCUT2D eigenvalue weighted by molar-refractivity contribution is 8.18. The third-order valence-corrected chi connectivity index (χ3v) is 5.03. The second-order valence-electron chi connectivity index (χ2n) is 2.76. The molecule has 0 aliphatic carbocycles. The van der Waals surface area contributed by atoms with E-state index in [9.17, 15) is 13.6 Å². The summed E-state index contributed by atoms with van der Waals surface area (Å²) < 4.78 is 25.4. The van der Waals surface area contributed by atoms with Gasteiger partial charge in [0.05, 0.1) is 5.75 Å². The summed E-state index contributed by atoms with van der Waals surface area (Å²) in [5, 5.41) is 0.863. The van der Waals surface area contributed by atoms with E-state index in [0.717, 1.165) is 22.3 Å². The van der Waals surface area contributed by atoms with Gasteiger partial charge in [0.2, 0.25) is 0 Å². The van der Waals surface area contributed by atoms with Crippen LogP contribution in [0.4, 0.5) is 13.6 Å². The van der Waals surface area contributed by atoms with Crippen molar-refractivity contribution in [3.63, 3.8) is 0 Å². The first-order valence-electron chi connectivity index (χ1n) is 4.43. The van der Waals surface area contributed by atoms with Gasteiger partial charge >= 0.3 is 11.9 Å². The SMILES string of the molecule is C[N+](OC(=O)N(Cl)SC(F)F)=C1CSCCS1. The summed E-state index contributed by atoms with van der Waals surface area (Å²) in [6.07, 6.45) is -1.04. The topological polar surface area (TPSA) is 32.6 Å². The summed E-state index contributed by atoms with van der Waals surface area (Å²) in [5.41, 5.74) is 0. The Labute approximate surface area is 115 Å². The number of alkyl halides is 2. The Hall–Kier alpha value is 0.140. The van der Waals surface area contributed by atoms with Gasteiger partial charge in [-0.15, -0.1) is 15.6 Å². The standard InChI is InChI=1S/C7H10ClF2N2O2S3/c1-11(5-4-15-2-3-16-5)14-7(13)12(8)17-6(9)10/h6H,2-4H2,1H3/q+1. The predicted molar refractivity (Wildman–Crippen MR) is 68.7 cm³/mol. The van der Waals surface area contributed by atoms with Gasteiger partial charge in [0, 0.05) is 35.2 Å². The molecule has 1 fully saturated rings. The number of carbonyl (C=O) groups excluding carboxylic acids is 1. The lowest BCUT2D eigenvalue weighted by molar-refractivity contribution is -0.738. The molecule has 1 saturated heterocycles. The average Bonchev–Trinajstić information content (AvgIpc) is 2.29. The summed E-state index contributed by atoms with van der Waals surface area (Å²) in [5.74, 6) is -0.0619. The molecule has 1 rings (SSSR count). The fraction of sp³-hybridized carbons (Fsp3) is 0.714. The predicted octanol–water partition coefficient (Wildman–Crippen LogP) is 2.89. The number of carbonyl (C=O) groups is 1. The van der Waals surface area contributed by atoms with E-state index in [-0.39, 0.29) is 15.8 Å². The molecule has 1 aliphatic rings. The molecular formula is C7H10ClF2N2O2S3+. The van der Waals surface area contributed by atoms with Crippen molar-refractivity contribution in [1.82, 2.24) is 3.82 Å². The molecule has 0 spiro atoms. The molecule has 1 heterocycles. The highest BCUT2D eigenvalue weighted by Gasteiger charge is 2.26. The summed E-state index contributed by atoms with van der Waals surface area (Å²) in [6, 6.07) is 0. The van der Waals surface area contributed by atoms with Crippen molar-refractivity contribution < 1.29 is 23.2 Å². The molecular weight excluding hydrogens is 314 g/mol. The Bertz CT molecular complexity index is 311. The van der Waals surface area contributed by atoms with Crippen molar-refractivity contribution in [2.75, 3.05) is 24.3 Å². The third kappa shape index (κ3) is 5.54. The number of hydroxylamine groups is 1. The van der Waals surface area contributed by atoms with Crippen LogP contribution in [0.1, 0.15) is 0 Å². The molecule has 0 atom stereocenters. The lowest BCUT2D eigenvalue weighted by Gasteiger charge is -2.11. The van der Waals surface area contributed by atoms with Gasteiger partial charge in [0.25, 0.3) is 5.04 Å². The van der Waals surface area contributed by atoms with Gasteiger partial charge in [-0.2, -0.15) is 13.6 Å². The summed E-state index contributed by atoms with van der Waals surface area (Å²) in [6.45, 7) is 0. The molecule has 0 saturated carbocycles. The number of nitrogens with zero attached hydrogens (tertiary/aromatic N) is 2. The van der Waals surface area contributed by atoms with Crippen molar-refractivity contribution in [2.24, 2.45) is 0 Å². The highest BCUT2D eigenvalue weighted by Crippen LogP contribution is 2.23. The van der Waals surface area contributed by atoms with Gasteiger partial charge < -0.3 is 0 Å². The van der Waals surface area contributed by atoms with Gasteiger partial charge in [-0.25, -0.2) is 4.79 Å². The molecule has 0 aromatic heterocycles. The first kappa shape index (κ1) is 15.2. The van der Waals surface area contributed by atoms with E-state index in [2.05, 4.69) is 0 Å². The molecule has 98 valence electrons. The van der Waals surface area contributed by atoms with Crippen LogP contribution < -0.4 is 0 Å². The Kier molecular flexibility index (Phi) is 6.75. The molecule has 0 bridgehead atoms. The zero-order valence-corrected chi connectivity index (χ0v) is 12.0. The molecule has 0 aromatic carbocycles. The van der Waals surface area contributed by atoms with Crippen LogP contribution in [0.3, 0.4) is 0 Å². The van der Waals surface area contributed by atoms with Crippen molar-refractivity contribution in [3.05, 3.63) is 0 Å². The quantitative estimate of drug-likeness (QED) is 0.262. The van der Waals surface area contributed by atoms with Crippen LogP contribution in [0.5, 0.6) is 0 Å². The first-order valence-corrected chi connectivity index (χ1v) is 7.75. The zero-order chi connectivity index (χ0) is 12.8. The molecule has 1 aliphatic heterocycles. The Morgan fingerprint density at radius 3 is 2.88 bits per heavy atom. The van der Waals surface area contributed by atoms with Crippen LogP contribution in [-0.4, -0.2) is 49.8 Å². The third-order valence-electron chi connectivity index (χ3n) is 1.60. The van der Waals surface area contributed by atoms with Crippen LogP contribution in [0.25, 0.3) is 0 Å². The molecule has 17 heavy (non-hydrogen) atoms. The number of halogens is 3. The molecule has 0 radical (unpaired) electrons. The summed E-state index contributed by atoms with van der Waals surface area (Å²) in [7, 11) is 1.55. The van der Waals surface area contributed by atoms with Crippen molar-refractivity contribution in [1.29, 1.82) is 0 Å². The molecule has 4 nitrogen and oxygen atoms in total. The van der Waals surface area contributed by atoms with Gasteiger partial charge in [0.15, 0.2) is 7.05 Å². The lowest BCUT2D eigenvalue weighted by atomic mass is 10.8. The Balaban J connectivity index is 2.49. The molecule has 10 heteroatoms. The maximum atomic E-state index is 11.9. The largest absolute Gasteiger partial charge is 0.502 e. The van der Waals surface area contributed by atoms with Crippen LogP contribution >= 0.6 is 47.2 Å². The van der Waals surface area contributed by atoms with E-state index in [1.54, 1.807) is 30.6 Å². The minimum absolute atomic E-state index is 0.106. The molecule has 0 aromatic rings. The number of amides is 1. The second-order valence-corrected chi connectivity index (χ2v) is 6.50. The summed E-state index contributed by atoms with van der Waals surface area (Å²) >= 11 is 8.48. The van der Waals surface area contributed by atoms with Gasteiger partial charge in [0.1, 0.15) is 0 Å². The highest BCUT2D eigenvalue weighted by atomic mass is 35.5. The van der Waals surface area contributed by atoms with Crippen LogP contribution in [-0.2, 0) is 4.84 Å². The van der Waals surface area contributed by atoms with Crippen LogP contribution in [0, 0.1) is 0 Å². The maximum absolute atomic E-state index is 11.9. The van der Waals surface area contributed by atoms with Crippen molar-refractivity contribution in [3.8, 4) is 0 Å². The smallest absolute Gasteiger partial charge is 0.215 e. The van der Waals surface area contributed by atoms with Gasteiger partial charge in [-0.05, 0) is 4.74 Å². The number of hydrogen-bond acceptors (Lipinski definition) is 5. The maximum Gasteiger partial charge on any atom is 0.502 e. The zero-order valence-electron chi connectivity index (χ0n) is 8.77. The minimum Gasteiger partial charge on any atom is -0.215 e. The number of hydrogen-bond donors (Lipinski definition) is 0. The Morgan fingerprint density at radius 2 is 2.35 bits per heavy atom. The van der Waals surface area contributed by atoms with Gasteiger partial charge in [-0.1, -0.05) is 11.8 Å². The van der Waals surface area contributed by atoms with Crippen molar-refractivity contribution >= 4 is 58.4 Å². The lowest BCUT2D eigenvalue weighted by Crippen LogP contribution is -2.27. The second kappa shape index (κ2) is 7.55. The van der Waals surface area contributed by atoms with Crippen LogP contribution in [0.2, 0.25) is 0 Å².